The molecule has 2 rings (SSSR count). The van der Waals surface area contributed by atoms with Crippen LogP contribution >= 0.6 is 0 Å². The molecule has 4 heteroatoms. The number of nitrogens with one attached hydrogen (secondary N) is 1. The van der Waals surface area contributed by atoms with Gasteiger partial charge in [0.15, 0.2) is 0 Å². The van der Waals surface area contributed by atoms with Crippen LogP contribution in [-0.2, 0) is 4.79 Å². The predicted octanol–water partition coefficient (Wildman–Crippen LogP) is 1.07. The van der Waals surface area contributed by atoms with E-state index in [1.807, 2.05) is 6.92 Å². The summed E-state index contributed by atoms with van der Waals surface area (Å²) in [7, 11) is 2.14. The van der Waals surface area contributed by atoms with Crippen molar-refractivity contribution in [2.75, 3.05) is 33.2 Å². The van der Waals surface area contributed by atoms with Gasteiger partial charge in [0.1, 0.15) is 0 Å². The predicted molar refractivity (Wildman–Crippen MR) is 73.5 cm³/mol. The molecule has 2 fully saturated rings. The Labute approximate surface area is 111 Å². The Morgan fingerprint density at radius 1 is 1.17 bits per heavy atom. The van der Waals surface area contributed by atoms with Gasteiger partial charge in [0.05, 0.1) is 6.04 Å². The molecule has 0 radical (unpaired) electrons. The van der Waals surface area contributed by atoms with Gasteiger partial charge in [-0.1, -0.05) is 12.8 Å². The van der Waals surface area contributed by atoms with Crippen LogP contribution in [0.5, 0.6) is 0 Å². The van der Waals surface area contributed by atoms with Crippen molar-refractivity contribution in [3.8, 4) is 0 Å². The van der Waals surface area contributed by atoms with Crippen molar-refractivity contribution in [3.63, 3.8) is 0 Å². The standard InChI is InChI=1S/C14H27N3O/c1-12(15-13-7-10-16(2)11-13)14(18)17-8-5-3-4-6-9-17/h12-13,15H,3-11H2,1-2H3. The van der Waals surface area contributed by atoms with Crippen LogP contribution in [0.4, 0.5) is 0 Å². The van der Waals surface area contributed by atoms with Crippen LogP contribution in [0, 0.1) is 0 Å². The molecule has 104 valence electrons. The summed E-state index contributed by atoms with van der Waals surface area (Å²) in [4.78, 5) is 16.7. The number of nitrogens with zero attached hydrogens (tertiary/aromatic N) is 2. The molecule has 2 aliphatic heterocycles. The van der Waals surface area contributed by atoms with Crippen molar-refractivity contribution in [2.45, 2.75) is 51.1 Å². The van der Waals surface area contributed by atoms with E-state index in [-0.39, 0.29) is 6.04 Å². The second kappa shape index (κ2) is 6.53. The zero-order chi connectivity index (χ0) is 13.0. The maximum Gasteiger partial charge on any atom is 0.239 e. The van der Waals surface area contributed by atoms with Gasteiger partial charge in [0.25, 0.3) is 0 Å². The van der Waals surface area contributed by atoms with Gasteiger partial charge in [-0.05, 0) is 39.8 Å². The van der Waals surface area contributed by atoms with E-state index in [1.54, 1.807) is 0 Å². The largest absolute Gasteiger partial charge is 0.341 e. The van der Waals surface area contributed by atoms with Gasteiger partial charge in [0, 0.05) is 25.7 Å². The number of amides is 1. The van der Waals surface area contributed by atoms with Gasteiger partial charge in [-0.25, -0.2) is 0 Å². The Morgan fingerprint density at radius 2 is 1.83 bits per heavy atom. The molecule has 0 spiro atoms. The van der Waals surface area contributed by atoms with Crippen LogP contribution in [0.1, 0.15) is 39.0 Å². The Kier molecular flexibility index (Phi) is 5.01. The number of rotatable bonds is 3. The summed E-state index contributed by atoms with van der Waals surface area (Å²) in [5.74, 6) is 0.298. The van der Waals surface area contributed by atoms with Crippen LogP contribution in [0.15, 0.2) is 0 Å². The molecule has 2 unspecified atom stereocenters. The molecule has 1 N–H and O–H groups in total. The van der Waals surface area contributed by atoms with Crippen molar-refractivity contribution in [3.05, 3.63) is 0 Å². The Morgan fingerprint density at radius 3 is 2.39 bits per heavy atom. The van der Waals surface area contributed by atoms with Crippen LogP contribution in [-0.4, -0.2) is 61.0 Å². The Balaban J connectivity index is 1.80. The van der Waals surface area contributed by atoms with E-state index in [9.17, 15) is 4.79 Å². The molecule has 0 aromatic carbocycles. The molecule has 4 nitrogen and oxygen atoms in total. The number of hydrogen-bond donors (Lipinski definition) is 1. The lowest BCUT2D eigenvalue weighted by atomic mass is 10.2. The van der Waals surface area contributed by atoms with Crippen LogP contribution in [0.25, 0.3) is 0 Å². The van der Waals surface area contributed by atoms with Gasteiger partial charge in [-0.2, -0.15) is 0 Å². The summed E-state index contributed by atoms with van der Waals surface area (Å²) in [6.07, 6.45) is 6.06. The Bertz CT molecular complexity index is 274. The van der Waals surface area contributed by atoms with Crippen LogP contribution in [0.3, 0.4) is 0 Å². The fourth-order valence-electron chi connectivity index (χ4n) is 3.06. The minimum atomic E-state index is -0.0281. The molecule has 2 saturated heterocycles. The summed E-state index contributed by atoms with van der Waals surface area (Å²) in [5.41, 5.74) is 0. The zero-order valence-corrected chi connectivity index (χ0v) is 11.8. The molecule has 2 aliphatic rings. The highest BCUT2D eigenvalue weighted by Crippen LogP contribution is 2.12. The van der Waals surface area contributed by atoms with Crippen LogP contribution < -0.4 is 5.32 Å². The lowest BCUT2D eigenvalue weighted by molar-refractivity contribution is -0.133. The maximum absolute atomic E-state index is 12.4. The lowest BCUT2D eigenvalue weighted by Gasteiger charge is -2.26. The van der Waals surface area contributed by atoms with Gasteiger partial charge in [-0.15, -0.1) is 0 Å². The molecule has 2 atom stereocenters. The summed E-state index contributed by atoms with van der Waals surface area (Å²) in [6, 6.07) is 0.459. The highest BCUT2D eigenvalue weighted by atomic mass is 16.2. The van der Waals surface area contributed by atoms with E-state index in [0.717, 1.165) is 32.6 Å². The van der Waals surface area contributed by atoms with Crippen molar-refractivity contribution in [1.29, 1.82) is 0 Å². The average Bonchev–Trinajstić information content (AvgIpc) is 2.62. The second-order valence-electron chi connectivity index (χ2n) is 5.88. The van der Waals surface area contributed by atoms with Crippen molar-refractivity contribution < 1.29 is 4.79 Å². The number of hydrogen-bond acceptors (Lipinski definition) is 3. The third-order valence-electron chi connectivity index (χ3n) is 4.17. The van der Waals surface area contributed by atoms with E-state index in [2.05, 4.69) is 22.2 Å². The van der Waals surface area contributed by atoms with Crippen LogP contribution in [0.2, 0.25) is 0 Å². The highest BCUT2D eigenvalue weighted by Gasteiger charge is 2.26. The molecule has 0 bridgehead atoms. The molecule has 0 aliphatic carbocycles. The SMILES string of the molecule is CC(NC1CCN(C)C1)C(=O)N1CCCCCC1. The van der Waals surface area contributed by atoms with E-state index in [1.165, 1.54) is 25.7 Å². The fraction of sp³-hybridized carbons (Fsp3) is 0.929. The average molecular weight is 253 g/mol. The first kappa shape index (κ1) is 13.8. The first-order valence-electron chi connectivity index (χ1n) is 7.40. The molecule has 0 aromatic heterocycles. The summed E-state index contributed by atoms with van der Waals surface area (Å²) in [5, 5.41) is 3.49. The molecule has 0 aromatic rings. The van der Waals surface area contributed by atoms with Gasteiger partial charge < -0.3 is 15.1 Å². The monoisotopic (exact) mass is 253 g/mol. The van der Waals surface area contributed by atoms with E-state index in [0.29, 0.717) is 11.9 Å². The van der Waals surface area contributed by atoms with E-state index < -0.39 is 0 Å². The summed E-state index contributed by atoms with van der Waals surface area (Å²) in [6.45, 7) is 6.14. The molecule has 0 saturated carbocycles. The minimum absolute atomic E-state index is 0.0281. The molecule has 18 heavy (non-hydrogen) atoms. The molecular weight excluding hydrogens is 226 g/mol. The van der Waals surface area contributed by atoms with Crippen molar-refractivity contribution in [1.82, 2.24) is 15.1 Å². The topological polar surface area (TPSA) is 35.6 Å². The third kappa shape index (κ3) is 3.69. The minimum Gasteiger partial charge on any atom is -0.341 e. The van der Waals surface area contributed by atoms with E-state index in [4.69, 9.17) is 0 Å². The molecule has 1 amide bonds. The quantitative estimate of drug-likeness (QED) is 0.817. The maximum atomic E-state index is 12.4. The summed E-state index contributed by atoms with van der Waals surface area (Å²) >= 11 is 0. The van der Waals surface area contributed by atoms with Gasteiger partial charge in [0.2, 0.25) is 5.91 Å². The van der Waals surface area contributed by atoms with Gasteiger partial charge >= 0.3 is 0 Å². The summed E-state index contributed by atoms with van der Waals surface area (Å²) < 4.78 is 0. The first-order valence-corrected chi connectivity index (χ1v) is 7.40. The number of carbonyl (C=O) groups excluding carboxylic acids is 1. The molecule has 2 heterocycles. The third-order valence-corrected chi connectivity index (χ3v) is 4.17. The van der Waals surface area contributed by atoms with Crippen molar-refractivity contribution in [2.24, 2.45) is 0 Å². The fourth-order valence-corrected chi connectivity index (χ4v) is 3.06. The Hall–Kier alpha value is -0.610. The lowest BCUT2D eigenvalue weighted by Crippen LogP contribution is -2.49. The van der Waals surface area contributed by atoms with Gasteiger partial charge in [-0.3, -0.25) is 4.79 Å². The van der Waals surface area contributed by atoms with Crippen molar-refractivity contribution >= 4 is 5.91 Å². The smallest absolute Gasteiger partial charge is 0.239 e. The number of carbonyl (C=O) groups is 1. The normalized spacial score (nSPS) is 28.1. The number of likely N-dealkylation sites (N-methyl/N-ethyl adjacent to an activating group) is 1. The molecular formula is C14H27N3O. The zero-order valence-electron chi connectivity index (χ0n) is 11.8. The highest BCUT2D eigenvalue weighted by molar-refractivity contribution is 5.81. The first-order chi connectivity index (χ1) is 8.66. The second-order valence-corrected chi connectivity index (χ2v) is 5.88. The van der Waals surface area contributed by atoms with E-state index >= 15 is 0 Å². The number of likely N-dealkylation sites (tertiary alicyclic amines) is 2.